The highest BCUT2D eigenvalue weighted by molar-refractivity contribution is 6.74. The van der Waals surface area contributed by atoms with Crippen molar-refractivity contribution in [3.8, 4) is 0 Å². The number of amides is 1. The predicted octanol–water partition coefficient (Wildman–Crippen LogP) is 6.83. The molecule has 1 saturated carbocycles. The number of allylic oxidation sites excluding steroid dienone is 3. The first-order valence-electron chi connectivity index (χ1n) is 14.4. The zero-order valence-electron chi connectivity index (χ0n) is 22.9. The molecule has 0 aromatic carbocycles. The minimum absolute atomic E-state index is 0.148. The summed E-state index contributed by atoms with van der Waals surface area (Å²) in [5, 5.41) is 4.07. The molecule has 1 unspecified atom stereocenters. The van der Waals surface area contributed by atoms with Crippen LogP contribution in [0.25, 0.3) is 0 Å². The van der Waals surface area contributed by atoms with Crippen molar-refractivity contribution in [1.82, 2.24) is 10.2 Å². The van der Waals surface area contributed by atoms with Gasteiger partial charge in [-0.05, 0) is 81.0 Å². The van der Waals surface area contributed by atoms with Crippen LogP contribution in [-0.2, 0) is 9.16 Å². The van der Waals surface area contributed by atoms with Gasteiger partial charge >= 0.3 is 6.09 Å². The van der Waals surface area contributed by atoms with E-state index in [1.165, 1.54) is 62.8 Å². The summed E-state index contributed by atoms with van der Waals surface area (Å²) < 4.78 is 12.5. The summed E-state index contributed by atoms with van der Waals surface area (Å²) in [4.78, 5) is 14.6. The Kier molecular flexibility index (Phi) is 6.93. The lowest BCUT2D eigenvalue weighted by atomic mass is 9.61. The van der Waals surface area contributed by atoms with E-state index in [2.05, 4.69) is 58.3 Å². The maximum Gasteiger partial charge on any atom is 0.414 e. The molecule has 1 N–H and O–H groups in total. The Hall–Kier alpha value is -1.27. The minimum atomic E-state index is -1.97. The van der Waals surface area contributed by atoms with Crippen molar-refractivity contribution in [2.24, 2.45) is 29.6 Å². The monoisotopic (exact) mass is 500 g/mol. The van der Waals surface area contributed by atoms with Gasteiger partial charge in [0.1, 0.15) is 6.61 Å². The molecule has 0 radical (unpaired) electrons. The molecule has 2 saturated heterocycles. The van der Waals surface area contributed by atoms with Crippen LogP contribution >= 0.6 is 0 Å². The highest BCUT2D eigenvalue weighted by atomic mass is 28.4. The summed E-state index contributed by atoms with van der Waals surface area (Å²) in [5.74, 6) is 3.77. The molecule has 3 aliphatic carbocycles. The zero-order valence-corrected chi connectivity index (χ0v) is 23.9. The first-order valence-corrected chi connectivity index (χ1v) is 17.3. The third-order valence-corrected chi connectivity index (χ3v) is 14.5. The van der Waals surface area contributed by atoms with Crippen LogP contribution < -0.4 is 5.32 Å². The van der Waals surface area contributed by atoms with E-state index < -0.39 is 8.32 Å². The average molecular weight is 501 g/mol. The van der Waals surface area contributed by atoms with Crippen molar-refractivity contribution < 1.29 is 14.0 Å². The smallest absolute Gasteiger partial charge is 0.414 e. The topological polar surface area (TPSA) is 50.8 Å². The van der Waals surface area contributed by atoms with E-state index in [-0.39, 0.29) is 17.0 Å². The van der Waals surface area contributed by atoms with Gasteiger partial charge in [0.25, 0.3) is 0 Å². The number of cyclic esters (lactones) is 1. The fourth-order valence-electron chi connectivity index (χ4n) is 7.41. The second-order valence-corrected chi connectivity index (χ2v) is 18.3. The Bertz CT molecular complexity index is 876. The zero-order chi connectivity index (χ0) is 25.0. The predicted molar refractivity (Wildman–Crippen MR) is 143 cm³/mol. The van der Waals surface area contributed by atoms with Crippen LogP contribution in [0.5, 0.6) is 0 Å². The van der Waals surface area contributed by atoms with E-state index in [4.69, 9.17) is 9.16 Å². The van der Waals surface area contributed by atoms with E-state index in [9.17, 15) is 4.79 Å². The molecule has 2 aliphatic heterocycles. The lowest BCUT2D eigenvalue weighted by Crippen LogP contribution is -2.46. The van der Waals surface area contributed by atoms with Crippen molar-refractivity contribution in [1.29, 1.82) is 0 Å². The molecule has 35 heavy (non-hydrogen) atoms. The number of piperidine rings is 1. The number of carbonyl (C=O) groups is 1. The van der Waals surface area contributed by atoms with Gasteiger partial charge in [-0.15, -0.1) is 0 Å². The Morgan fingerprint density at radius 2 is 1.89 bits per heavy atom. The van der Waals surface area contributed by atoms with Crippen LogP contribution in [0.2, 0.25) is 18.1 Å². The van der Waals surface area contributed by atoms with Crippen LogP contribution in [0.1, 0.15) is 79.1 Å². The van der Waals surface area contributed by atoms with Gasteiger partial charge in [0, 0.05) is 29.6 Å². The SMILES string of the molecule is C[C@@H]1CCCC(C[C@@H]2C=C(O[Si](C)(C)C(C)(C)C)[C@H]3C=C(N4CCOC4=O)[C@H]4CCCC[C@@H]4[C@H]32)N1. The fraction of sp³-hybridized carbons (Fsp3) is 0.828. The molecule has 5 aliphatic rings. The van der Waals surface area contributed by atoms with E-state index in [0.29, 0.717) is 48.9 Å². The van der Waals surface area contributed by atoms with Crippen LogP contribution in [-0.4, -0.2) is 44.5 Å². The van der Waals surface area contributed by atoms with E-state index >= 15 is 0 Å². The summed E-state index contributed by atoms with van der Waals surface area (Å²) in [5.41, 5.74) is 1.24. The maximum atomic E-state index is 12.7. The number of hydrogen-bond acceptors (Lipinski definition) is 4. The van der Waals surface area contributed by atoms with Gasteiger partial charge in [0.15, 0.2) is 0 Å². The number of fused-ring (bicyclic) bond motifs is 3. The average Bonchev–Trinajstić information content (AvgIpc) is 3.35. The summed E-state index contributed by atoms with van der Waals surface area (Å²) in [7, 11) is -1.97. The summed E-state index contributed by atoms with van der Waals surface area (Å²) in [6, 6.07) is 1.23. The molecular weight excluding hydrogens is 452 g/mol. The molecule has 7 atom stereocenters. The summed E-state index contributed by atoms with van der Waals surface area (Å²) in [6.45, 7) is 15.3. The summed E-state index contributed by atoms with van der Waals surface area (Å²) in [6.07, 6.45) is 15.1. The van der Waals surface area contributed by atoms with Crippen LogP contribution in [0, 0.1) is 29.6 Å². The molecule has 3 fully saturated rings. The Morgan fingerprint density at radius 1 is 1.11 bits per heavy atom. The quantitative estimate of drug-likeness (QED) is 0.420. The molecule has 0 aromatic rings. The van der Waals surface area contributed by atoms with Crippen LogP contribution in [0.3, 0.4) is 0 Å². The van der Waals surface area contributed by atoms with E-state index in [0.717, 1.165) is 0 Å². The largest absolute Gasteiger partial charge is 0.546 e. The van der Waals surface area contributed by atoms with Gasteiger partial charge < -0.3 is 14.5 Å². The van der Waals surface area contributed by atoms with Gasteiger partial charge in [-0.3, -0.25) is 4.90 Å². The van der Waals surface area contributed by atoms with Crippen LogP contribution in [0.4, 0.5) is 4.79 Å². The molecule has 0 aromatic heterocycles. The van der Waals surface area contributed by atoms with Gasteiger partial charge in [0.2, 0.25) is 8.32 Å². The van der Waals surface area contributed by atoms with Crippen molar-refractivity contribution in [3.63, 3.8) is 0 Å². The molecule has 5 nitrogen and oxygen atoms in total. The van der Waals surface area contributed by atoms with Crippen molar-refractivity contribution in [3.05, 3.63) is 23.6 Å². The van der Waals surface area contributed by atoms with Gasteiger partial charge in [0.05, 0.1) is 12.3 Å². The normalized spacial score (nSPS) is 37.8. The molecule has 6 heteroatoms. The Morgan fingerprint density at radius 3 is 2.57 bits per heavy atom. The first kappa shape index (κ1) is 25.4. The molecule has 196 valence electrons. The number of nitrogens with zero attached hydrogens (tertiary/aromatic N) is 1. The van der Waals surface area contributed by atoms with Crippen LogP contribution in [0.15, 0.2) is 23.6 Å². The second kappa shape index (κ2) is 9.55. The lowest BCUT2D eigenvalue weighted by Gasteiger charge is -2.47. The molecule has 0 spiro atoms. The minimum Gasteiger partial charge on any atom is -0.546 e. The number of hydrogen-bond donors (Lipinski definition) is 1. The van der Waals surface area contributed by atoms with Gasteiger partial charge in [-0.2, -0.15) is 0 Å². The van der Waals surface area contributed by atoms with Gasteiger partial charge in [-0.1, -0.05) is 46.1 Å². The first-order chi connectivity index (χ1) is 16.5. The molecule has 2 heterocycles. The second-order valence-electron chi connectivity index (χ2n) is 13.5. The highest BCUT2D eigenvalue weighted by Crippen LogP contribution is 2.57. The third kappa shape index (κ3) is 4.86. The number of ether oxygens (including phenoxy) is 1. The fourth-order valence-corrected chi connectivity index (χ4v) is 8.51. The Labute approximate surface area is 214 Å². The van der Waals surface area contributed by atoms with Crippen molar-refractivity contribution >= 4 is 14.4 Å². The highest BCUT2D eigenvalue weighted by Gasteiger charge is 2.52. The molecule has 1 amide bonds. The molecular formula is C29H48N2O3Si. The van der Waals surface area contributed by atoms with Crippen molar-refractivity contribution in [2.75, 3.05) is 13.2 Å². The third-order valence-electron chi connectivity index (χ3n) is 10.2. The number of carbonyl (C=O) groups excluding carboxylic acids is 1. The molecule has 0 bridgehead atoms. The van der Waals surface area contributed by atoms with Gasteiger partial charge in [-0.25, -0.2) is 4.79 Å². The number of rotatable bonds is 5. The van der Waals surface area contributed by atoms with E-state index in [1.54, 1.807) is 0 Å². The maximum absolute atomic E-state index is 12.7. The lowest BCUT2D eigenvalue weighted by molar-refractivity contribution is 0.0862. The van der Waals surface area contributed by atoms with E-state index in [1.807, 2.05) is 4.90 Å². The standard InChI is InChI=1S/C29H48N2O3Si/c1-19-10-9-11-21(30-19)16-20-17-26(34-35(5,6)29(2,3)4)24-18-25(31-14-15-33-28(31)32)22-12-7-8-13-23(22)27(20)24/h17-24,27,30H,7-16H2,1-6H3/t19-,20-,21?,22+,23+,24-,27-/m1/s1. The Balaban J connectivity index is 1.50. The molecule has 5 rings (SSSR count). The number of nitrogens with one attached hydrogen (secondary N) is 1. The summed E-state index contributed by atoms with van der Waals surface area (Å²) >= 11 is 0. The van der Waals surface area contributed by atoms with Crippen molar-refractivity contribution in [2.45, 2.75) is 109 Å².